The Kier molecular flexibility index (Phi) is 4.63. The number of benzene rings is 1. The Labute approximate surface area is 116 Å². The number of nitrogens with zero attached hydrogens (tertiary/aromatic N) is 1. The maximum absolute atomic E-state index is 13.7. The summed E-state index contributed by atoms with van der Waals surface area (Å²) < 4.78 is 18.1. The van der Waals surface area contributed by atoms with Crippen LogP contribution in [0.2, 0.25) is 0 Å². The van der Waals surface area contributed by atoms with Gasteiger partial charge in [0, 0.05) is 25.6 Å². The lowest BCUT2D eigenvalue weighted by molar-refractivity contribution is -0.158. The molecule has 1 aliphatic heterocycles. The molecule has 0 bridgehead atoms. The van der Waals surface area contributed by atoms with Gasteiger partial charge in [0.25, 0.3) is 0 Å². The third-order valence-electron chi connectivity index (χ3n) is 3.12. The summed E-state index contributed by atoms with van der Waals surface area (Å²) in [7, 11) is 0. The summed E-state index contributed by atoms with van der Waals surface area (Å²) in [6.07, 6.45) is 2.57. The summed E-state index contributed by atoms with van der Waals surface area (Å²) in [6, 6.07) is 6.65. The lowest BCUT2D eigenvalue weighted by Crippen LogP contribution is -2.34. The summed E-state index contributed by atoms with van der Waals surface area (Å²) in [5, 5.41) is 0. The van der Waals surface area contributed by atoms with Gasteiger partial charge in [-0.15, -0.1) is 0 Å². The number of rotatable bonds is 3. The van der Waals surface area contributed by atoms with Gasteiger partial charge in [0.15, 0.2) is 0 Å². The monoisotopic (exact) mass is 277 g/mol. The SMILES string of the molecule is CC(=O)OC(=O)CN1CC=C(c2ccccc2F)CC1. The standard InChI is InChI=1S/C15H16FNO3/c1-11(18)20-15(19)10-17-8-6-12(7-9-17)13-4-2-3-5-14(13)16/h2-6H,7-10H2,1H3. The minimum atomic E-state index is -0.602. The van der Waals surface area contributed by atoms with Gasteiger partial charge in [-0.1, -0.05) is 24.3 Å². The van der Waals surface area contributed by atoms with Crippen LogP contribution < -0.4 is 0 Å². The Bertz CT molecular complexity index is 554. The number of hydrogen-bond acceptors (Lipinski definition) is 4. The molecule has 5 heteroatoms. The number of hydrogen-bond donors (Lipinski definition) is 0. The van der Waals surface area contributed by atoms with E-state index < -0.39 is 11.9 Å². The molecule has 20 heavy (non-hydrogen) atoms. The Morgan fingerprint density at radius 3 is 2.70 bits per heavy atom. The fraction of sp³-hybridized carbons (Fsp3) is 0.333. The fourth-order valence-corrected chi connectivity index (χ4v) is 2.20. The quantitative estimate of drug-likeness (QED) is 0.626. The highest BCUT2D eigenvalue weighted by molar-refractivity contribution is 5.85. The minimum Gasteiger partial charge on any atom is -0.392 e. The molecule has 0 atom stereocenters. The normalized spacial score (nSPS) is 15.6. The van der Waals surface area contributed by atoms with Crippen LogP contribution in [0.5, 0.6) is 0 Å². The first kappa shape index (κ1) is 14.4. The zero-order valence-electron chi connectivity index (χ0n) is 11.3. The van der Waals surface area contributed by atoms with Crippen LogP contribution in [0.4, 0.5) is 4.39 Å². The summed E-state index contributed by atoms with van der Waals surface area (Å²) in [5.74, 6) is -1.39. The number of ether oxygens (including phenoxy) is 1. The van der Waals surface area contributed by atoms with Gasteiger partial charge in [0.1, 0.15) is 5.82 Å². The van der Waals surface area contributed by atoms with E-state index in [9.17, 15) is 14.0 Å². The van der Waals surface area contributed by atoms with Crippen LogP contribution in [0.1, 0.15) is 18.9 Å². The van der Waals surface area contributed by atoms with E-state index in [1.54, 1.807) is 18.2 Å². The van der Waals surface area contributed by atoms with Gasteiger partial charge < -0.3 is 4.74 Å². The number of esters is 2. The van der Waals surface area contributed by atoms with E-state index in [4.69, 9.17) is 0 Å². The molecule has 0 aliphatic carbocycles. The molecular formula is C15H16FNO3. The van der Waals surface area contributed by atoms with Crippen LogP contribution in [0.3, 0.4) is 0 Å². The second kappa shape index (κ2) is 6.43. The molecule has 0 unspecified atom stereocenters. The molecule has 0 amide bonds. The van der Waals surface area contributed by atoms with Crippen molar-refractivity contribution >= 4 is 17.5 Å². The highest BCUT2D eigenvalue weighted by Gasteiger charge is 2.18. The highest BCUT2D eigenvalue weighted by atomic mass is 19.1. The van der Waals surface area contributed by atoms with Crippen LogP contribution in [-0.4, -0.2) is 36.5 Å². The van der Waals surface area contributed by atoms with Gasteiger partial charge in [-0.25, -0.2) is 4.39 Å². The average molecular weight is 277 g/mol. The summed E-state index contributed by atoms with van der Waals surface area (Å²) >= 11 is 0. The van der Waals surface area contributed by atoms with Crippen molar-refractivity contribution in [2.45, 2.75) is 13.3 Å². The molecule has 0 saturated carbocycles. The maximum atomic E-state index is 13.7. The molecule has 0 saturated heterocycles. The van der Waals surface area contributed by atoms with Crippen molar-refractivity contribution in [3.8, 4) is 0 Å². The van der Waals surface area contributed by atoms with E-state index in [2.05, 4.69) is 4.74 Å². The van der Waals surface area contributed by atoms with Crippen molar-refractivity contribution in [3.63, 3.8) is 0 Å². The molecule has 1 heterocycles. The van der Waals surface area contributed by atoms with Gasteiger partial charge >= 0.3 is 11.9 Å². The topological polar surface area (TPSA) is 46.6 Å². The van der Waals surface area contributed by atoms with E-state index in [-0.39, 0.29) is 12.4 Å². The van der Waals surface area contributed by atoms with E-state index in [0.29, 0.717) is 25.1 Å². The molecule has 0 fully saturated rings. The molecular weight excluding hydrogens is 261 g/mol. The third-order valence-corrected chi connectivity index (χ3v) is 3.12. The molecule has 1 aromatic rings. The second-order valence-corrected chi connectivity index (χ2v) is 4.66. The molecule has 4 nitrogen and oxygen atoms in total. The maximum Gasteiger partial charge on any atom is 0.327 e. The molecule has 1 aliphatic rings. The Morgan fingerprint density at radius 2 is 2.10 bits per heavy atom. The first-order valence-corrected chi connectivity index (χ1v) is 6.44. The zero-order valence-corrected chi connectivity index (χ0v) is 11.3. The summed E-state index contributed by atoms with van der Waals surface area (Å²) in [5.41, 5.74) is 1.55. The van der Waals surface area contributed by atoms with Crippen molar-refractivity contribution in [2.24, 2.45) is 0 Å². The Balaban J connectivity index is 1.95. The molecule has 106 valence electrons. The number of carbonyl (C=O) groups excluding carboxylic acids is 2. The molecule has 0 aromatic heterocycles. The fourth-order valence-electron chi connectivity index (χ4n) is 2.20. The minimum absolute atomic E-state index is 0.0701. The van der Waals surface area contributed by atoms with Gasteiger partial charge in [-0.05, 0) is 18.1 Å². The number of halogens is 1. The van der Waals surface area contributed by atoms with Crippen molar-refractivity contribution in [1.82, 2.24) is 4.90 Å². The summed E-state index contributed by atoms with van der Waals surface area (Å²) in [6.45, 7) is 2.44. The lowest BCUT2D eigenvalue weighted by atomic mass is 9.99. The molecule has 0 radical (unpaired) electrons. The van der Waals surface area contributed by atoms with Crippen molar-refractivity contribution in [3.05, 3.63) is 41.7 Å². The van der Waals surface area contributed by atoms with E-state index in [1.807, 2.05) is 11.0 Å². The van der Waals surface area contributed by atoms with Crippen LogP contribution in [0.25, 0.3) is 5.57 Å². The average Bonchev–Trinajstić information content (AvgIpc) is 2.39. The second-order valence-electron chi connectivity index (χ2n) is 4.66. The van der Waals surface area contributed by atoms with Gasteiger partial charge in [-0.3, -0.25) is 14.5 Å². The smallest absolute Gasteiger partial charge is 0.327 e. The van der Waals surface area contributed by atoms with Gasteiger partial charge in [-0.2, -0.15) is 0 Å². The predicted octanol–water partition coefficient (Wildman–Crippen LogP) is 2.00. The largest absolute Gasteiger partial charge is 0.392 e. The molecule has 0 spiro atoms. The van der Waals surface area contributed by atoms with Crippen LogP contribution in [0.15, 0.2) is 30.3 Å². The zero-order chi connectivity index (χ0) is 14.5. The van der Waals surface area contributed by atoms with E-state index >= 15 is 0 Å². The third kappa shape index (κ3) is 3.74. The van der Waals surface area contributed by atoms with Gasteiger partial charge in [0.05, 0.1) is 6.54 Å². The molecule has 1 aromatic carbocycles. The number of carbonyl (C=O) groups is 2. The Hall–Kier alpha value is -2.01. The Morgan fingerprint density at radius 1 is 1.35 bits per heavy atom. The van der Waals surface area contributed by atoms with E-state index in [1.165, 1.54) is 13.0 Å². The summed E-state index contributed by atoms with van der Waals surface area (Å²) in [4.78, 5) is 23.9. The first-order chi connectivity index (χ1) is 9.56. The first-order valence-electron chi connectivity index (χ1n) is 6.44. The lowest BCUT2D eigenvalue weighted by Gasteiger charge is -2.25. The molecule has 2 rings (SSSR count). The highest BCUT2D eigenvalue weighted by Crippen LogP contribution is 2.24. The van der Waals surface area contributed by atoms with Gasteiger partial charge in [0.2, 0.25) is 0 Å². The molecule has 0 N–H and O–H groups in total. The van der Waals surface area contributed by atoms with Crippen LogP contribution in [-0.2, 0) is 14.3 Å². The van der Waals surface area contributed by atoms with Crippen LogP contribution >= 0.6 is 0 Å². The van der Waals surface area contributed by atoms with Crippen molar-refractivity contribution in [1.29, 1.82) is 0 Å². The van der Waals surface area contributed by atoms with Crippen molar-refractivity contribution < 1.29 is 18.7 Å². The van der Waals surface area contributed by atoms with E-state index in [0.717, 1.165) is 5.57 Å². The predicted molar refractivity (Wildman–Crippen MR) is 72.2 cm³/mol. The van der Waals surface area contributed by atoms with Crippen molar-refractivity contribution in [2.75, 3.05) is 19.6 Å². The van der Waals surface area contributed by atoms with Crippen LogP contribution in [0, 0.1) is 5.82 Å².